The molecule has 142 valence electrons. The van der Waals surface area contributed by atoms with Crippen LogP contribution in [-0.4, -0.2) is 33.8 Å². The normalized spacial score (nSPS) is 21.2. The molecule has 8 nitrogen and oxygen atoms in total. The lowest BCUT2D eigenvalue weighted by Crippen LogP contribution is -2.54. The Hall–Kier alpha value is -2.16. The molecule has 9 heteroatoms. The Morgan fingerprint density at radius 2 is 2.15 bits per heavy atom. The highest BCUT2D eigenvalue weighted by molar-refractivity contribution is 8.14. The smallest absolute Gasteiger partial charge is 0.264 e. The van der Waals surface area contributed by atoms with E-state index in [4.69, 9.17) is 4.52 Å². The van der Waals surface area contributed by atoms with E-state index >= 15 is 0 Å². The maximum Gasteiger partial charge on any atom is 0.264 e. The molecule has 2 unspecified atom stereocenters. The van der Waals surface area contributed by atoms with Crippen LogP contribution in [0.1, 0.15) is 45.8 Å². The summed E-state index contributed by atoms with van der Waals surface area (Å²) in [7, 11) is 0. The molecule has 0 radical (unpaired) electrons. The van der Waals surface area contributed by atoms with Crippen molar-refractivity contribution in [3.63, 3.8) is 0 Å². The Labute approximate surface area is 156 Å². The molecule has 0 saturated carbocycles. The van der Waals surface area contributed by atoms with Crippen molar-refractivity contribution in [2.24, 2.45) is 16.3 Å². The molecule has 1 aromatic heterocycles. The van der Waals surface area contributed by atoms with Gasteiger partial charge in [-0.05, 0) is 25.7 Å². The van der Waals surface area contributed by atoms with Crippen molar-refractivity contribution in [3.05, 3.63) is 11.8 Å². The molecule has 2 N–H and O–H groups in total. The number of nitrogens with zero attached hydrogens (tertiary/aromatic N) is 2. The fourth-order valence-electron chi connectivity index (χ4n) is 3.11. The van der Waals surface area contributed by atoms with Crippen LogP contribution in [0.2, 0.25) is 0 Å². The van der Waals surface area contributed by atoms with Gasteiger partial charge < -0.3 is 15.2 Å². The number of rotatable bonds is 7. The van der Waals surface area contributed by atoms with Gasteiger partial charge in [-0.2, -0.15) is 4.99 Å². The van der Waals surface area contributed by atoms with Crippen LogP contribution in [0.3, 0.4) is 0 Å². The van der Waals surface area contributed by atoms with Crippen LogP contribution in [0, 0.1) is 18.3 Å². The van der Waals surface area contributed by atoms with Crippen LogP contribution >= 0.6 is 11.8 Å². The van der Waals surface area contributed by atoms with Crippen molar-refractivity contribution in [2.75, 3.05) is 11.1 Å². The van der Waals surface area contributed by atoms with Gasteiger partial charge in [0.25, 0.3) is 5.91 Å². The van der Waals surface area contributed by atoms with Gasteiger partial charge in [0.05, 0.1) is 5.75 Å². The van der Waals surface area contributed by atoms with Crippen LogP contribution in [0.4, 0.5) is 5.82 Å². The van der Waals surface area contributed by atoms with Crippen molar-refractivity contribution in [1.82, 2.24) is 10.5 Å². The zero-order valence-corrected chi connectivity index (χ0v) is 16.2. The van der Waals surface area contributed by atoms with Crippen LogP contribution < -0.4 is 10.6 Å². The maximum atomic E-state index is 12.7. The molecule has 2 heterocycles. The van der Waals surface area contributed by atoms with Crippen LogP contribution in [-0.2, 0) is 14.4 Å². The highest BCUT2D eigenvalue weighted by atomic mass is 32.2. The lowest BCUT2D eigenvalue weighted by molar-refractivity contribution is -0.145. The molecule has 0 bridgehead atoms. The number of nitrogens with one attached hydrogen (secondary N) is 2. The number of carbonyl (C=O) groups excluding carboxylic acids is 3. The first-order chi connectivity index (χ1) is 12.3. The summed E-state index contributed by atoms with van der Waals surface area (Å²) in [6.45, 7) is 7.47. The van der Waals surface area contributed by atoms with Crippen molar-refractivity contribution in [3.8, 4) is 0 Å². The fourth-order valence-corrected chi connectivity index (χ4v) is 3.76. The second-order valence-corrected chi connectivity index (χ2v) is 7.31. The minimum atomic E-state index is -1.12. The Morgan fingerprint density at radius 3 is 2.69 bits per heavy atom. The van der Waals surface area contributed by atoms with Crippen LogP contribution in [0.25, 0.3) is 0 Å². The summed E-state index contributed by atoms with van der Waals surface area (Å²) in [5, 5.41) is 9.08. The number of aryl methyl sites for hydroxylation is 1. The first kappa shape index (κ1) is 20.2. The molecule has 0 spiro atoms. The van der Waals surface area contributed by atoms with E-state index < -0.39 is 11.3 Å². The summed E-state index contributed by atoms with van der Waals surface area (Å²) in [6.07, 6.45) is 2.05. The molecule has 2 atom stereocenters. The Kier molecular flexibility index (Phi) is 6.57. The first-order valence-corrected chi connectivity index (χ1v) is 9.62. The van der Waals surface area contributed by atoms with Gasteiger partial charge in [-0.25, -0.2) is 0 Å². The summed E-state index contributed by atoms with van der Waals surface area (Å²) in [4.78, 5) is 41.3. The quantitative estimate of drug-likeness (QED) is 0.703. The Balaban J connectivity index is 2.01. The number of anilines is 1. The number of amidine groups is 1. The number of thioether (sulfide) groups is 1. The largest absolute Gasteiger partial charge is 0.360 e. The minimum Gasteiger partial charge on any atom is -0.360 e. The Morgan fingerprint density at radius 1 is 1.42 bits per heavy atom. The van der Waals surface area contributed by atoms with Crippen molar-refractivity contribution in [2.45, 2.75) is 47.0 Å². The van der Waals surface area contributed by atoms with E-state index in [2.05, 4.69) is 20.8 Å². The van der Waals surface area contributed by atoms with Gasteiger partial charge in [-0.1, -0.05) is 44.1 Å². The Bertz CT molecular complexity index is 730. The molecule has 0 aliphatic carbocycles. The number of amides is 3. The summed E-state index contributed by atoms with van der Waals surface area (Å²) in [5.74, 6) is -0.312. The third kappa shape index (κ3) is 4.14. The maximum absolute atomic E-state index is 12.7. The standard InChI is InChI=1S/C17H24N4O4S/c1-5-7-10(3)17(6-2)14(23)19-16(20-15(17)24)26-9-13(22)18-12-8-11(4)25-21-12/h8,10H,5-7,9H2,1-4H3,(H,18,21,22)(H,19,20,23,24). The highest BCUT2D eigenvalue weighted by Gasteiger charge is 2.51. The molecule has 0 fully saturated rings. The van der Waals surface area contributed by atoms with Gasteiger partial charge in [0.1, 0.15) is 11.2 Å². The summed E-state index contributed by atoms with van der Waals surface area (Å²) < 4.78 is 4.87. The topological polar surface area (TPSA) is 114 Å². The monoisotopic (exact) mass is 380 g/mol. The molecule has 0 saturated heterocycles. The molecule has 3 amide bonds. The molecule has 26 heavy (non-hydrogen) atoms. The van der Waals surface area contributed by atoms with Crippen LogP contribution in [0.5, 0.6) is 0 Å². The first-order valence-electron chi connectivity index (χ1n) is 8.64. The fraction of sp³-hybridized carbons (Fsp3) is 0.588. The van der Waals surface area contributed by atoms with Crippen molar-refractivity contribution < 1.29 is 18.9 Å². The van der Waals surface area contributed by atoms with Gasteiger partial charge in [0.2, 0.25) is 11.8 Å². The van der Waals surface area contributed by atoms with E-state index in [0.29, 0.717) is 18.0 Å². The number of hydrogen-bond acceptors (Lipinski definition) is 6. The van der Waals surface area contributed by atoms with Gasteiger partial charge >= 0.3 is 0 Å². The average molecular weight is 380 g/mol. The number of aliphatic imine (C=N–C) groups is 1. The number of carbonyl (C=O) groups is 3. The molecular formula is C17H24N4O4S. The predicted octanol–water partition coefficient (Wildman–Crippen LogP) is 2.50. The second kappa shape index (κ2) is 8.48. The van der Waals surface area contributed by atoms with E-state index in [9.17, 15) is 14.4 Å². The van der Waals surface area contributed by atoms with E-state index in [0.717, 1.165) is 24.6 Å². The molecular weight excluding hydrogens is 356 g/mol. The van der Waals surface area contributed by atoms with E-state index in [-0.39, 0.29) is 28.7 Å². The van der Waals surface area contributed by atoms with E-state index in [1.807, 2.05) is 20.8 Å². The third-order valence-electron chi connectivity index (χ3n) is 4.57. The van der Waals surface area contributed by atoms with Gasteiger partial charge in [0.15, 0.2) is 11.0 Å². The molecule has 1 aliphatic heterocycles. The number of hydrogen-bond donors (Lipinski definition) is 2. The van der Waals surface area contributed by atoms with Gasteiger partial charge in [0, 0.05) is 6.07 Å². The second-order valence-electron chi connectivity index (χ2n) is 6.35. The average Bonchev–Trinajstić information content (AvgIpc) is 2.98. The van der Waals surface area contributed by atoms with Crippen molar-refractivity contribution >= 4 is 40.5 Å². The SMILES string of the molecule is CCCC(C)C1(CC)C(=O)N=C(SCC(=O)Nc2cc(C)on2)NC1=O. The minimum absolute atomic E-state index is 0.0120. The lowest BCUT2D eigenvalue weighted by atomic mass is 9.70. The van der Waals surface area contributed by atoms with Crippen LogP contribution in [0.15, 0.2) is 15.6 Å². The predicted molar refractivity (Wildman–Crippen MR) is 99.7 cm³/mol. The molecule has 1 aliphatic rings. The third-order valence-corrected chi connectivity index (χ3v) is 5.44. The highest BCUT2D eigenvalue weighted by Crippen LogP contribution is 2.38. The summed E-state index contributed by atoms with van der Waals surface area (Å²) in [5.41, 5.74) is -1.12. The van der Waals surface area contributed by atoms with E-state index in [1.165, 1.54) is 0 Å². The number of aromatic nitrogens is 1. The molecule has 2 rings (SSSR count). The lowest BCUT2D eigenvalue weighted by Gasteiger charge is -2.36. The van der Waals surface area contributed by atoms with Gasteiger partial charge in [-0.3, -0.25) is 14.4 Å². The summed E-state index contributed by atoms with van der Waals surface area (Å²) >= 11 is 1.00. The van der Waals surface area contributed by atoms with Crippen molar-refractivity contribution in [1.29, 1.82) is 0 Å². The van der Waals surface area contributed by atoms with Gasteiger partial charge in [-0.15, -0.1) is 0 Å². The van der Waals surface area contributed by atoms with E-state index in [1.54, 1.807) is 13.0 Å². The zero-order chi connectivity index (χ0) is 19.3. The summed E-state index contributed by atoms with van der Waals surface area (Å²) in [6, 6.07) is 1.59. The molecule has 0 aromatic carbocycles. The molecule has 1 aromatic rings. The zero-order valence-electron chi connectivity index (χ0n) is 15.4.